The van der Waals surface area contributed by atoms with Gasteiger partial charge >= 0.3 is 5.92 Å². The molecule has 1 aliphatic carbocycles. The minimum absolute atomic E-state index is 0.280. The number of hydrogen-bond donors (Lipinski definition) is 0. The summed E-state index contributed by atoms with van der Waals surface area (Å²) in [4.78, 5) is 0. The van der Waals surface area contributed by atoms with Gasteiger partial charge in [0.15, 0.2) is 0 Å². The fraction of sp³-hybridized carbons (Fsp3) is 0.833. The monoisotopic (exact) mass is 216 g/mol. The summed E-state index contributed by atoms with van der Waals surface area (Å²) < 4.78 is 32.0. The first-order valence-corrected chi connectivity index (χ1v) is 5.34. The van der Waals surface area contributed by atoms with Gasteiger partial charge in [-0.05, 0) is 39.5 Å². The van der Waals surface area contributed by atoms with Gasteiger partial charge in [0.05, 0.1) is 11.7 Å². The van der Waals surface area contributed by atoms with E-state index in [1.165, 1.54) is 0 Å². The zero-order valence-electron chi connectivity index (χ0n) is 9.57. The van der Waals surface area contributed by atoms with Crippen molar-refractivity contribution in [1.29, 1.82) is 0 Å². The first-order chi connectivity index (χ1) is 6.79. The van der Waals surface area contributed by atoms with Crippen molar-refractivity contribution >= 4 is 0 Å². The van der Waals surface area contributed by atoms with Gasteiger partial charge in [-0.25, -0.2) is 0 Å². The Hall–Kier alpha value is -0.620. The Morgan fingerprint density at radius 1 is 1.33 bits per heavy atom. The molecule has 0 aromatic heterocycles. The smallest absolute Gasteiger partial charge is 0.310 e. The molecule has 1 unspecified atom stereocenters. The molecule has 0 fully saturated rings. The van der Waals surface area contributed by atoms with Crippen LogP contribution in [0.4, 0.5) is 8.78 Å². The molecule has 1 rings (SSSR count). The molecule has 0 spiro atoms. The molecule has 0 amide bonds. The second-order valence-electron chi connectivity index (χ2n) is 4.95. The molecule has 0 aromatic carbocycles. The molecular weight excluding hydrogens is 198 g/mol. The minimum atomic E-state index is -2.89. The van der Waals surface area contributed by atoms with Crippen molar-refractivity contribution in [3.05, 3.63) is 0 Å². The normalized spacial score (nSPS) is 26.1. The Bertz CT molecular complexity index is 268. The fourth-order valence-electron chi connectivity index (χ4n) is 1.65. The van der Waals surface area contributed by atoms with Crippen LogP contribution in [0.2, 0.25) is 0 Å². The lowest BCUT2D eigenvalue weighted by Crippen LogP contribution is -2.32. The van der Waals surface area contributed by atoms with E-state index in [9.17, 15) is 8.78 Å². The maximum absolute atomic E-state index is 13.2. The lowest BCUT2D eigenvalue weighted by molar-refractivity contribution is -0.0979. The van der Waals surface area contributed by atoms with Crippen LogP contribution in [0.5, 0.6) is 0 Å². The number of alkyl halides is 2. The molecule has 0 saturated heterocycles. The second kappa shape index (κ2) is 4.49. The summed E-state index contributed by atoms with van der Waals surface area (Å²) in [6, 6.07) is 0. The van der Waals surface area contributed by atoms with Gasteiger partial charge in [0.1, 0.15) is 0 Å². The molecule has 0 saturated carbocycles. The molecule has 0 heterocycles. The van der Waals surface area contributed by atoms with E-state index in [2.05, 4.69) is 5.92 Å². The highest BCUT2D eigenvalue weighted by Gasteiger charge is 2.33. The summed E-state index contributed by atoms with van der Waals surface area (Å²) in [6.07, 6.45) is 1.39. The average Bonchev–Trinajstić information content (AvgIpc) is 1.96. The summed E-state index contributed by atoms with van der Waals surface area (Å²) in [5.41, 5.74) is -0.368. The highest BCUT2D eigenvalue weighted by atomic mass is 19.3. The van der Waals surface area contributed by atoms with Crippen LogP contribution in [0.15, 0.2) is 0 Å². The number of halogens is 2. The maximum Gasteiger partial charge on any atom is 0.310 e. The van der Waals surface area contributed by atoms with E-state index in [-0.39, 0.29) is 18.1 Å². The first kappa shape index (κ1) is 12.4. The van der Waals surface area contributed by atoms with E-state index < -0.39 is 5.92 Å². The third-order valence-electron chi connectivity index (χ3n) is 2.10. The van der Waals surface area contributed by atoms with E-state index >= 15 is 0 Å². The van der Waals surface area contributed by atoms with Crippen LogP contribution < -0.4 is 0 Å². The Morgan fingerprint density at radius 3 is 2.60 bits per heavy atom. The van der Waals surface area contributed by atoms with Crippen molar-refractivity contribution in [1.82, 2.24) is 0 Å². The summed E-state index contributed by atoms with van der Waals surface area (Å²) in [7, 11) is 0. The van der Waals surface area contributed by atoms with Crippen LogP contribution in [-0.2, 0) is 4.74 Å². The SMILES string of the molecule is CC(C)(C)OC1CCCC#CC(F)(F)C1. The highest BCUT2D eigenvalue weighted by Crippen LogP contribution is 2.27. The summed E-state index contributed by atoms with van der Waals surface area (Å²) in [6.45, 7) is 5.65. The van der Waals surface area contributed by atoms with E-state index in [0.29, 0.717) is 12.8 Å². The molecule has 0 aromatic rings. The lowest BCUT2D eigenvalue weighted by atomic mass is 10.0. The third-order valence-corrected chi connectivity index (χ3v) is 2.10. The summed E-state index contributed by atoms with van der Waals surface area (Å²) in [5.74, 6) is 1.63. The average molecular weight is 216 g/mol. The van der Waals surface area contributed by atoms with E-state index in [1.54, 1.807) is 0 Å². The van der Waals surface area contributed by atoms with E-state index in [1.807, 2.05) is 26.7 Å². The largest absolute Gasteiger partial charge is 0.372 e. The van der Waals surface area contributed by atoms with Crippen molar-refractivity contribution in [2.75, 3.05) is 0 Å². The predicted molar refractivity (Wildman–Crippen MR) is 55.8 cm³/mol. The van der Waals surface area contributed by atoms with Gasteiger partial charge in [0.25, 0.3) is 0 Å². The molecule has 3 heteroatoms. The van der Waals surface area contributed by atoms with Crippen LogP contribution in [0.25, 0.3) is 0 Å². The van der Waals surface area contributed by atoms with Crippen LogP contribution in [-0.4, -0.2) is 17.6 Å². The molecular formula is C12H18F2O. The van der Waals surface area contributed by atoms with E-state index in [4.69, 9.17) is 4.74 Å². The van der Waals surface area contributed by atoms with Gasteiger partial charge in [-0.1, -0.05) is 5.92 Å². The van der Waals surface area contributed by atoms with Gasteiger partial charge in [0.2, 0.25) is 0 Å². The van der Waals surface area contributed by atoms with Gasteiger partial charge in [-0.15, -0.1) is 0 Å². The zero-order chi connectivity index (χ0) is 11.5. The summed E-state index contributed by atoms with van der Waals surface area (Å²) in [5, 5.41) is 0. The molecule has 86 valence electrons. The molecule has 1 atom stereocenters. The molecule has 1 aliphatic rings. The Kier molecular flexibility index (Phi) is 3.72. The van der Waals surface area contributed by atoms with Crippen molar-refractivity contribution in [2.45, 2.75) is 64.1 Å². The third kappa shape index (κ3) is 5.13. The number of hydrogen-bond acceptors (Lipinski definition) is 1. The zero-order valence-corrected chi connectivity index (χ0v) is 9.57. The predicted octanol–water partition coefficient (Wildman–Crippen LogP) is 3.38. The van der Waals surface area contributed by atoms with Crippen LogP contribution in [0.1, 0.15) is 46.5 Å². The number of ether oxygens (including phenoxy) is 1. The quantitative estimate of drug-likeness (QED) is 0.610. The van der Waals surface area contributed by atoms with Crippen LogP contribution >= 0.6 is 0 Å². The van der Waals surface area contributed by atoms with Gasteiger partial charge < -0.3 is 4.74 Å². The molecule has 15 heavy (non-hydrogen) atoms. The van der Waals surface area contributed by atoms with Crippen molar-refractivity contribution in [2.24, 2.45) is 0 Å². The van der Waals surface area contributed by atoms with Crippen molar-refractivity contribution in [3.8, 4) is 11.8 Å². The number of rotatable bonds is 1. The van der Waals surface area contributed by atoms with Crippen molar-refractivity contribution in [3.63, 3.8) is 0 Å². The Balaban J connectivity index is 2.64. The van der Waals surface area contributed by atoms with Crippen molar-refractivity contribution < 1.29 is 13.5 Å². The van der Waals surface area contributed by atoms with Crippen LogP contribution in [0, 0.1) is 11.8 Å². The highest BCUT2D eigenvalue weighted by molar-refractivity contribution is 5.11. The molecule has 0 bridgehead atoms. The lowest BCUT2D eigenvalue weighted by Gasteiger charge is -2.29. The molecule has 0 N–H and O–H groups in total. The molecule has 1 nitrogen and oxygen atoms in total. The van der Waals surface area contributed by atoms with Crippen LogP contribution in [0.3, 0.4) is 0 Å². The molecule has 0 radical (unpaired) electrons. The Labute approximate surface area is 90.2 Å². The molecule has 0 aliphatic heterocycles. The minimum Gasteiger partial charge on any atom is -0.372 e. The second-order valence-corrected chi connectivity index (χ2v) is 4.95. The standard InChI is InChI=1S/C12H18F2O/c1-11(2,3)15-10-7-5-4-6-8-12(13,14)9-10/h10H,4-5,7,9H2,1-3H3. The Morgan fingerprint density at radius 2 is 2.00 bits per heavy atom. The van der Waals surface area contributed by atoms with Gasteiger partial charge in [0, 0.05) is 12.8 Å². The first-order valence-electron chi connectivity index (χ1n) is 5.34. The summed E-state index contributed by atoms with van der Waals surface area (Å²) >= 11 is 0. The van der Waals surface area contributed by atoms with Gasteiger partial charge in [-0.3, -0.25) is 0 Å². The van der Waals surface area contributed by atoms with Gasteiger partial charge in [-0.2, -0.15) is 8.78 Å². The topological polar surface area (TPSA) is 9.23 Å². The maximum atomic E-state index is 13.2. The van der Waals surface area contributed by atoms with E-state index in [0.717, 1.165) is 6.42 Å². The fourth-order valence-corrected chi connectivity index (χ4v) is 1.65.